The largest absolute Gasteiger partial charge is 0.444 e. The molecule has 0 spiro atoms. The molecule has 5 nitrogen and oxygen atoms in total. The van der Waals surface area contributed by atoms with Crippen LogP contribution in [0.25, 0.3) is 5.65 Å². The lowest BCUT2D eigenvalue weighted by molar-refractivity contribution is 0.00986. The topological polar surface area (TPSA) is 46.8 Å². The second-order valence-electron chi connectivity index (χ2n) is 8.11. The number of aromatic nitrogens is 2. The maximum Gasteiger partial charge on any atom is 0.410 e. The number of carbonyl (C=O) groups is 1. The molecule has 0 aliphatic carbocycles. The Kier molecular flexibility index (Phi) is 4.76. The average molecular weight is 343 g/mol. The number of nitrogens with zero attached hydrogens (tertiary/aromatic N) is 3. The van der Waals surface area contributed by atoms with Crippen LogP contribution in [0.3, 0.4) is 0 Å². The summed E-state index contributed by atoms with van der Waals surface area (Å²) in [5.41, 5.74) is 4.04. The fourth-order valence-electron chi connectivity index (χ4n) is 3.44. The maximum atomic E-state index is 12.6. The highest BCUT2D eigenvalue weighted by atomic mass is 16.6. The van der Waals surface area contributed by atoms with Crippen LogP contribution in [0.2, 0.25) is 0 Å². The van der Waals surface area contributed by atoms with Crippen molar-refractivity contribution in [3.63, 3.8) is 0 Å². The predicted octanol–water partition coefficient (Wildman–Crippen LogP) is 4.28. The number of rotatable bonds is 2. The number of imidazole rings is 1. The molecule has 3 rings (SSSR count). The number of hydrogen-bond donors (Lipinski definition) is 0. The zero-order chi connectivity index (χ0) is 18.2. The van der Waals surface area contributed by atoms with Gasteiger partial charge in [0.15, 0.2) is 0 Å². The van der Waals surface area contributed by atoms with Gasteiger partial charge in [0.2, 0.25) is 0 Å². The lowest BCUT2D eigenvalue weighted by atomic mass is 9.98. The van der Waals surface area contributed by atoms with E-state index in [4.69, 9.17) is 9.72 Å². The van der Waals surface area contributed by atoms with E-state index in [2.05, 4.69) is 36.7 Å². The van der Waals surface area contributed by atoms with Gasteiger partial charge >= 0.3 is 6.09 Å². The molecule has 1 saturated heterocycles. The van der Waals surface area contributed by atoms with Gasteiger partial charge in [0.1, 0.15) is 11.2 Å². The van der Waals surface area contributed by atoms with E-state index in [1.165, 1.54) is 11.1 Å². The third kappa shape index (κ3) is 3.97. The average Bonchev–Trinajstić information content (AvgIpc) is 2.93. The van der Waals surface area contributed by atoms with Crippen LogP contribution in [0.4, 0.5) is 4.79 Å². The first-order valence-electron chi connectivity index (χ1n) is 9.18. The first-order valence-corrected chi connectivity index (χ1v) is 9.18. The first kappa shape index (κ1) is 17.8. The molecule has 2 aromatic rings. The van der Waals surface area contributed by atoms with Crippen molar-refractivity contribution in [2.24, 2.45) is 0 Å². The van der Waals surface area contributed by atoms with E-state index < -0.39 is 5.60 Å². The van der Waals surface area contributed by atoms with Crippen molar-refractivity contribution in [1.29, 1.82) is 0 Å². The van der Waals surface area contributed by atoms with E-state index in [0.29, 0.717) is 0 Å². The second-order valence-corrected chi connectivity index (χ2v) is 8.11. The number of pyridine rings is 1. The molecule has 0 radical (unpaired) electrons. The van der Waals surface area contributed by atoms with Crippen molar-refractivity contribution in [2.45, 2.75) is 71.9 Å². The number of fused-ring (bicyclic) bond motifs is 1. The molecule has 25 heavy (non-hydrogen) atoms. The number of amides is 1. The van der Waals surface area contributed by atoms with Gasteiger partial charge in [-0.1, -0.05) is 0 Å². The summed E-state index contributed by atoms with van der Waals surface area (Å²) < 4.78 is 7.68. The molecule has 1 amide bonds. The molecule has 0 aromatic carbocycles. The monoisotopic (exact) mass is 343 g/mol. The summed E-state index contributed by atoms with van der Waals surface area (Å²) in [6, 6.07) is 2.27. The summed E-state index contributed by atoms with van der Waals surface area (Å²) in [6.07, 6.45) is 7.91. The van der Waals surface area contributed by atoms with E-state index >= 15 is 0 Å². The number of aryl methyl sites for hydroxylation is 2. The van der Waals surface area contributed by atoms with Gasteiger partial charge in [-0.25, -0.2) is 9.78 Å². The fraction of sp³-hybridized carbons (Fsp3) is 0.600. The van der Waals surface area contributed by atoms with Crippen molar-refractivity contribution in [1.82, 2.24) is 14.3 Å². The van der Waals surface area contributed by atoms with Gasteiger partial charge in [0.25, 0.3) is 0 Å². The molecule has 1 aliphatic rings. The van der Waals surface area contributed by atoms with Crippen LogP contribution in [0.1, 0.15) is 56.9 Å². The van der Waals surface area contributed by atoms with E-state index in [1.54, 1.807) is 0 Å². The van der Waals surface area contributed by atoms with Crippen molar-refractivity contribution in [3.8, 4) is 0 Å². The Hall–Kier alpha value is -2.04. The minimum Gasteiger partial charge on any atom is -0.444 e. The van der Waals surface area contributed by atoms with Crippen LogP contribution >= 0.6 is 0 Å². The van der Waals surface area contributed by atoms with Crippen molar-refractivity contribution < 1.29 is 9.53 Å². The van der Waals surface area contributed by atoms with Gasteiger partial charge in [0, 0.05) is 31.4 Å². The molecule has 136 valence electrons. The summed E-state index contributed by atoms with van der Waals surface area (Å²) in [4.78, 5) is 19.3. The molecule has 2 aromatic heterocycles. The number of piperidine rings is 1. The molecule has 3 heterocycles. The molecular formula is C20H29N3O2. The van der Waals surface area contributed by atoms with Gasteiger partial charge in [-0.2, -0.15) is 0 Å². The molecule has 1 fully saturated rings. The molecule has 1 atom stereocenters. The Labute approximate surface area is 150 Å². The number of likely N-dealkylation sites (tertiary alicyclic amines) is 1. The predicted molar refractivity (Wildman–Crippen MR) is 98.9 cm³/mol. The van der Waals surface area contributed by atoms with Crippen molar-refractivity contribution >= 4 is 11.7 Å². The summed E-state index contributed by atoms with van der Waals surface area (Å²) >= 11 is 0. The van der Waals surface area contributed by atoms with E-state index in [-0.39, 0.29) is 12.1 Å². The SMILES string of the molecule is Cc1ccn2cc(C[C@@H]3CCCCN3C(=O)OC(C)(C)C)nc2c1C. The lowest BCUT2D eigenvalue weighted by Crippen LogP contribution is -2.47. The Bertz CT molecular complexity index is 773. The number of hydrogen-bond acceptors (Lipinski definition) is 3. The quantitative estimate of drug-likeness (QED) is 0.817. The minimum absolute atomic E-state index is 0.162. The minimum atomic E-state index is -0.461. The maximum absolute atomic E-state index is 12.6. The molecule has 1 aliphatic heterocycles. The van der Waals surface area contributed by atoms with Gasteiger partial charge in [0.05, 0.1) is 5.69 Å². The Balaban J connectivity index is 1.80. The Morgan fingerprint density at radius 3 is 2.80 bits per heavy atom. The van der Waals surface area contributed by atoms with Crippen LogP contribution in [0, 0.1) is 13.8 Å². The zero-order valence-corrected chi connectivity index (χ0v) is 16.0. The Morgan fingerprint density at radius 1 is 1.32 bits per heavy atom. The van der Waals surface area contributed by atoms with Gasteiger partial charge in [-0.05, 0) is 71.1 Å². The molecule has 5 heteroatoms. The summed E-state index contributed by atoms with van der Waals surface area (Å²) in [6.45, 7) is 10.7. The van der Waals surface area contributed by atoms with E-state index in [1.807, 2.05) is 25.7 Å². The first-order chi connectivity index (χ1) is 11.7. The van der Waals surface area contributed by atoms with Crippen LogP contribution < -0.4 is 0 Å². The summed E-state index contributed by atoms with van der Waals surface area (Å²) in [5.74, 6) is 0. The summed E-state index contributed by atoms with van der Waals surface area (Å²) in [5, 5.41) is 0. The highest BCUT2D eigenvalue weighted by Gasteiger charge is 2.31. The van der Waals surface area contributed by atoms with Crippen LogP contribution in [-0.4, -0.2) is 38.6 Å². The molecule has 0 saturated carbocycles. The van der Waals surface area contributed by atoms with Crippen molar-refractivity contribution in [3.05, 3.63) is 35.3 Å². The molecular weight excluding hydrogens is 314 g/mol. The van der Waals surface area contributed by atoms with Crippen LogP contribution in [-0.2, 0) is 11.2 Å². The zero-order valence-electron chi connectivity index (χ0n) is 16.0. The van der Waals surface area contributed by atoms with E-state index in [0.717, 1.165) is 43.6 Å². The highest BCUT2D eigenvalue weighted by molar-refractivity contribution is 5.68. The van der Waals surface area contributed by atoms with Crippen LogP contribution in [0.15, 0.2) is 18.5 Å². The van der Waals surface area contributed by atoms with Crippen LogP contribution in [0.5, 0.6) is 0 Å². The fourth-order valence-corrected chi connectivity index (χ4v) is 3.44. The number of carbonyl (C=O) groups excluding carboxylic acids is 1. The third-order valence-electron chi connectivity index (χ3n) is 4.89. The molecule has 0 unspecified atom stereocenters. The lowest BCUT2D eigenvalue weighted by Gasteiger charge is -2.36. The van der Waals surface area contributed by atoms with Gasteiger partial charge in [-0.3, -0.25) is 0 Å². The smallest absolute Gasteiger partial charge is 0.410 e. The van der Waals surface area contributed by atoms with Gasteiger partial charge < -0.3 is 14.0 Å². The number of ether oxygens (including phenoxy) is 1. The highest BCUT2D eigenvalue weighted by Crippen LogP contribution is 2.24. The van der Waals surface area contributed by atoms with E-state index in [9.17, 15) is 4.79 Å². The summed E-state index contributed by atoms with van der Waals surface area (Å²) in [7, 11) is 0. The second kappa shape index (κ2) is 6.70. The standard InChI is InChI=1S/C20H29N3O2/c1-14-9-11-22-13-16(21-18(22)15(14)2)12-17-8-6-7-10-23(17)19(24)25-20(3,4)5/h9,11,13,17H,6-8,10,12H2,1-5H3/t17-/m0/s1. The molecule has 0 N–H and O–H groups in total. The molecule has 0 bridgehead atoms. The normalized spacial score (nSPS) is 18.6. The van der Waals surface area contributed by atoms with Crippen molar-refractivity contribution in [2.75, 3.05) is 6.54 Å². The Morgan fingerprint density at radius 2 is 2.08 bits per heavy atom. The van der Waals surface area contributed by atoms with Gasteiger partial charge in [-0.15, -0.1) is 0 Å². The third-order valence-corrected chi connectivity index (χ3v) is 4.89.